The van der Waals surface area contributed by atoms with E-state index in [1.165, 1.54) is 0 Å². The molecule has 1 aliphatic heterocycles. The fourth-order valence-corrected chi connectivity index (χ4v) is 3.13. The first-order chi connectivity index (χ1) is 11.2. The van der Waals surface area contributed by atoms with Gasteiger partial charge in [0.05, 0.1) is 24.3 Å². The minimum Gasteiger partial charge on any atom is -0.493 e. The van der Waals surface area contributed by atoms with Crippen LogP contribution < -0.4 is 10.1 Å². The Bertz CT molecular complexity index is 692. The molecule has 1 amide bonds. The average Bonchev–Trinajstić information content (AvgIpc) is 3.09. The van der Waals surface area contributed by atoms with E-state index in [1.54, 1.807) is 0 Å². The molecule has 0 aromatic heterocycles. The minimum absolute atomic E-state index is 0.0153. The van der Waals surface area contributed by atoms with Crippen molar-refractivity contribution in [2.24, 2.45) is 0 Å². The van der Waals surface area contributed by atoms with Crippen molar-refractivity contribution in [3.63, 3.8) is 0 Å². The van der Waals surface area contributed by atoms with Gasteiger partial charge in [0.2, 0.25) is 0 Å². The molecule has 0 spiro atoms. The van der Waals surface area contributed by atoms with Crippen LogP contribution in [0.15, 0.2) is 36.4 Å². The Morgan fingerprint density at radius 3 is 2.91 bits per heavy atom. The second-order valence-electron chi connectivity index (χ2n) is 5.91. The predicted octanol–water partition coefficient (Wildman–Crippen LogP) is 3.54. The first-order valence-electron chi connectivity index (χ1n) is 8.27. The second kappa shape index (κ2) is 7.01. The highest BCUT2D eigenvalue weighted by Gasteiger charge is 2.25. The third-order valence-electron chi connectivity index (χ3n) is 4.30. The quantitative estimate of drug-likeness (QED) is 0.918. The van der Waals surface area contributed by atoms with E-state index >= 15 is 0 Å². The third kappa shape index (κ3) is 3.32. The molecular weight excluding hydrogens is 290 g/mol. The van der Waals surface area contributed by atoms with Crippen LogP contribution in [-0.2, 0) is 4.74 Å². The molecule has 4 nitrogen and oxygen atoms in total. The van der Waals surface area contributed by atoms with Crippen molar-refractivity contribution >= 4 is 16.7 Å². The van der Waals surface area contributed by atoms with Crippen molar-refractivity contribution in [2.45, 2.75) is 38.8 Å². The van der Waals surface area contributed by atoms with Crippen LogP contribution in [0.1, 0.15) is 37.0 Å². The average molecular weight is 313 g/mol. The largest absolute Gasteiger partial charge is 0.493 e. The summed E-state index contributed by atoms with van der Waals surface area (Å²) < 4.78 is 11.4. The first-order valence-corrected chi connectivity index (χ1v) is 8.27. The maximum Gasteiger partial charge on any atom is 0.255 e. The second-order valence-corrected chi connectivity index (χ2v) is 5.91. The van der Waals surface area contributed by atoms with Crippen LogP contribution in [-0.4, -0.2) is 31.3 Å². The smallest absolute Gasteiger partial charge is 0.255 e. The van der Waals surface area contributed by atoms with E-state index in [2.05, 4.69) is 5.32 Å². The normalized spacial score (nSPS) is 18.8. The van der Waals surface area contributed by atoms with Crippen molar-refractivity contribution < 1.29 is 14.3 Å². The molecule has 2 aromatic rings. The topological polar surface area (TPSA) is 47.6 Å². The molecule has 122 valence electrons. The van der Waals surface area contributed by atoms with Crippen LogP contribution >= 0.6 is 0 Å². The van der Waals surface area contributed by atoms with E-state index in [0.29, 0.717) is 17.9 Å². The van der Waals surface area contributed by atoms with E-state index in [4.69, 9.17) is 9.47 Å². The number of hydrogen-bond acceptors (Lipinski definition) is 3. The number of fused-ring (bicyclic) bond motifs is 1. The highest BCUT2D eigenvalue weighted by atomic mass is 16.5. The molecule has 1 fully saturated rings. The highest BCUT2D eigenvalue weighted by molar-refractivity contribution is 6.09. The molecule has 2 atom stereocenters. The van der Waals surface area contributed by atoms with Crippen LogP contribution in [0.4, 0.5) is 0 Å². The molecule has 0 bridgehead atoms. The lowest BCUT2D eigenvalue weighted by molar-refractivity contribution is 0.0711. The van der Waals surface area contributed by atoms with Gasteiger partial charge in [-0.3, -0.25) is 4.79 Å². The van der Waals surface area contributed by atoms with Gasteiger partial charge in [0.1, 0.15) is 5.75 Å². The Morgan fingerprint density at radius 1 is 1.35 bits per heavy atom. The number of nitrogens with one attached hydrogen (secondary N) is 1. The highest BCUT2D eigenvalue weighted by Crippen LogP contribution is 2.28. The van der Waals surface area contributed by atoms with Gasteiger partial charge in [-0.1, -0.05) is 30.3 Å². The molecule has 0 saturated carbocycles. The van der Waals surface area contributed by atoms with Gasteiger partial charge in [-0.25, -0.2) is 0 Å². The summed E-state index contributed by atoms with van der Waals surface area (Å²) in [5, 5.41) is 5.03. The summed E-state index contributed by atoms with van der Waals surface area (Å²) >= 11 is 0. The van der Waals surface area contributed by atoms with E-state index in [-0.39, 0.29) is 18.1 Å². The van der Waals surface area contributed by atoms with E-state index in [9.17, 15) is 4.79 Å². The number of hydrogen-bond donors (Lipinski definition) is 1. The van der Waals surface area contributed by atoms with Gasteiger partial charge in [-0.2, -0.15) is 0 Å². The van der Waals surface area contributed by atoms with Gasteiger partial charge in [0.25, 0.3) is 5.91 Å². The van der Waals surface area contributed by atoms with Crippen molar-refractivity contribution in [3.05, 3.63) is 42.0 Å². The molecule has 2 aromatic carbocycles. The summed E-state index contributed by atoms with van der Waals surface area (Å²) in [7, 11) is 0. The van der Waals surface area contributed by atoms with Gasteiger partial charge >= 0.3 is 0 Å². The van der Waals surface area contributed by atoms with Gasteiger partial charge < -0.3 is 14.8 Å². The zero-order valence-electron chi connectivity index (χ0n) is 13.7. The van der Waals surface area contributed by atoms with Crippen molar-refractivity contribution in [1.29, 1.82) is 0 Å². The summed E-state index contributed by atoms with van der Waals surface area (Å²) in [6.07, 6.45) is 2.16. The van der Waals surface area contributed by atoms with Crippen LogP contribution in [0.25, 0.3) is 10.8 Å². The van der Waals surface area contributed by atoms with Gasteiger partial charge in [-0.05, 0) is 43.5 Å². The Morgan fingerprint density at radius 2 is 2.17 bits per heavy atom. The fourth-order valence-electron chi connectivity index (χ4n) is 3.13. The minimum atomic E-state index is -0.103. The molecule has 0 unspecified atom stereocenters. The van der Waals surface area contributed by atoms with Gasteiger partial charge in [0.15, 0.2) is 0 Å². The maximum atomic E-state index is 12.9. The predicted molar refractivity (Wildman–Crippen MR) is 91.0 cm³/mol. The van der Waals surface area contributed by atoms with Crippen molar-refractivity contribution in [3.8, 4) is 5.75 Å². The Balaban J connectivity index is 1.92. The lowest BCUT2D eigenvalue weighted by Crippen LogP contribution is -2.41. The lowest BCUT2D eigenvalue weighted by atomic mass is 10.0. The zero-order valence-corrected chi connectivity index (χ0v) is 13.7. The lowest BCUT2D eigenvalue weighted by Gasteiger charge is -2.21. The summed E-state index contributed by atoms with van der Waals surface area (Å²) in [6, 6.07) is 11.7. The number of carbonyl (C=O) groups excluding carboxylic acids is 1. The molecular formula is C19H23NO3. The number of benzene rings is 2. The molecule has 1 saturated heterocycles. The number of carbonyl (C=O) groups is 1. The zero-order chi connectivity index (χ0) is 16.2. The number of amides is 1. The van der Waals surface area contributed by atoms with Gasteiger partial charge in [0, 0.05) is 6.61 Å². The molecule has 1 N–H and O–H groups in total. The van der Waals surface area contributed by atoms with Gasteiger partial charge in [-0.15, -0.1) is 0 Å². The molecule has 4 heteroatoms. The molecule has 0 aliphatic carbocycles. The molecule has 3 rings (SSSR count). The first kappa shape index (κ1) is 15.8. The monoisotopic (exact) mass is 313 g/mol. The molecule has 23 heavy (non-hydrogen) atoms. The number of ether oxygens (including phenoxy) is 2. The van der Waals surface area contributed by atoms with Crippen molar-refractivity contribution in [2.75, 3.05) is 13.2 Å². The van der Waals surface area contributed by atoms with E-state index < -0.39 is 0 Å². The van der Waals surface area contributed by atoms with E-state index in [1.807, 2.05) is 50.2 Å². The maximum absolute atomic E-state index is 12.9. The molecule has 1 heterocycles. The van der Waals surface area contributed by atoms with Crippen LogP contribution in [0.2, 0.25) is 0 Å². The summed E-state index contributed by atoms with van der Waals surface area (Å²) in [5.74, 6) is 0.525. The van der Waals surface area contributed by atoms with Crippen LogP contribution in [0, 0.1) is 0 Å². The molecule has 0 radical (unpaired) electrons. The standard InChI is InChI=1S/C19H23NO3/c1-3-22-17-11-10-14-7-4-5-8-15(14)18(17)19(21)20-13(2)16-9-6-12-23-16/h4-5,7-8,10-11,13,16H,3,6,9,12H2,1-2H3,(H,20,21)/t13-,16-/m1/s1. The molecule has 1 aliphatic rings. The Labute approximate surface area is 136 Å². The van der Waals surface area contributed by atoms with Crippen molar-refractivity contribution in [1.82, 2.24) is 5.32 Å². The Hall–Kier alpha value is -2.07. The third-order valence-corrected chi connectivity index (χ3v) is 4.30. The summed E-state index contributed by atoms with van der Waals surface area (Å²) in [6.45, 7) is 5.23. The SMILES string of the molecule is CCOc1ccc2ccccc2c1C(=O)N[C@H](C)[C@H]1CCCO1. The summed E-state index contributed by atoms with van der Waals surface area (Å²) in [5.41, 5.74) is 0.606. The van der Waals surface area contributed by atoms with Crippen LogP contribution in [0.3, 0.4) is 0 Å². The Kier molecular flexibility index (Phi) is 4.82. The number of rotatable bonds is 5. The fraction of sp³-hybridized carbons (Fsp3) is 0.421. The van der Waals surface area contributed by atoms with E-state index in [0.717, 1.165) is 30.2 Å². The van der Waals surface area contributed by atoms with Crippen LogP contribution in [0.5, 0.6) is 5.75 Å². The summed E-state index contributed by atoms with van der Waals surface area (Å²) in [4.78, 5) is 12.9.